The topological polar surface area (TPSA) is 24.4 Å². The number of anilines is 1. The Kier molecular flexibility index (Phi) is 3.50. The molecule has 0 spiro atoms. The summed E-state index contributed by atoms with van der Waals surface area (Å²) in [5.41, 5.74) is 4.71. The lowest BCUT2D eigenvalue weighted by atomic mass is 10.2. The van der Waals surface area contributed by atoms with Crippen LogP contribution in [0.3, 0.4) is 0 Å². The van der Waals surface area contributed by atoms with E-state index in [9.17, 15) is 0 Å². The molecule has 2 aromatic rings. The fourth-order valence-corrected chi connectivity index (χ4v) is 1.32. The van der Waals surface area contributed by atoms with Crippen molar-refractivity contribution in [1.82, 2.24) is 0 Å². The van der Waals surface area contributed by atoms with Crippen LogP contribution in [0.25, 0.3) is 0 Å². The average molecular weight is 230 g/mol. The van der Waals surface area contributed by atoms with Gasteiger partial charge < -0.3 is 0 Å². The molecular weight excluding hydrogens is 220 g/mol. The second kappa shape index (κ2) is 5.26. The number of hydrazone groups is 1. The largest absolute Gasteiger partial charge is 0.257 e. The molecule has 0 unspecified atom stereocenters. The number of nitrogens with one attached hydrogen (secondary N) is 1. The Morgan fingerprint density at radius 1 is 0.938 bits per heavy atom. The van der Waals surface area contributed by atoms with Gasteiger partial charge in [-0.2, -0.15) is 0 Å². The summed E-state index contributed by atoms with van der Waals surface area (Å²) in [7, 11) is 0. The molecule has 2 rings (SSSR count). The molecule has 0 fully saturated rings. The molecule has 0 aliphatic carbocycles. The lowest BCUT2D eigenvalue weighted by Gasteiger charge is -1.94. The monoisotopic (exact) mass is 229 g/mol. The molecule has 0 bridgehead atoms. The van der Waals surface area contributed by atoms with Crippen LogP contribution in [0, 0.1) is 0 Å². The third-order valence-electron chi connectivity index (χ3n) is 1.99. The van der Waals surface area contributed by atoms with Gasteiger partial charge >= 0.3 is 0 Å². The summed E-state index contributed by atoms with van der Waals surface area (Å²) in [6.07, 6.45) is 2.88. The zero-order chi connectivity index (χ0) is 11.2. The predicted octanol–water partition coefficient (Wildman–Crippen LogP) is 3.66. The number of halogens is 1. The van der Waals surface area contributed by atoms with E-state index in [1.807, 2.05) is 54.6 Å². The molecule has 1 N–H and O–H groups in total. The molecule has 0 aliphatic rings. The van der Waals surface area contributed by atoms with E-state index in [0.717, 1.165) is 11.3 Å². The van der Waals surface area contributed by atoms with Gasteiger partial charge in [-0.15, -0.1) is 0 Å². The number of hydrogen-bond acceptors (Lipinski definition) is 2. The lowest BCUT2D eigenvalue weighted by molar-refractivity contribution is 1.35. The Morgan fingerprint density at radius 3 is 2.31 bits per heavy atom. The van der Waals surface area contributed by atoms with Gasteiger partial charge in [0.2, 0.25) is 5.56 Å². The molecule has 0 heterocycles. The van der Waals surface area contributed by atoms with Gasteiger partial charge in [-0.1, -0.05) is 34.9 Å². The summed E-state index contributed by atoms with van der Waals surface area (Å²) in [6, 6.07) is 17.1. The normalized spacial score (nSPS) is 10.1. The van der Waals surface area contributed by atoms with Crippen LogP contribution in [0.4, 0.5) is 5.69 Å². The highest BCUT2D eigenvalue weighted by molar-refractivity contribution is 6.30. The minimum Gasteiger partial charge on any atom is -0.257 e. The van der Waals surface area contributed by atoms with Gasteiger partial charge in [0.15, 0.2) is 6.21 Å². The molecule has 2 nitrogen and oxygen atoms in total. The fraction of sp³-hybridized carbons (Fsp3) is 0. The van der Waals surface area contributed by atoms with Crippen molar-refractivity contribution in [3.8, 4) is 0 Å². The maximum absolute atomic E-state index is 5.77. The molecule has 0 aromatic heterocycles. The third kappa shape index (κ3) is 3.06. The molecule has 0 amide bonds. The van der Waals surface area contributed by atoms with E-state index in [1.54, 1.807) is 0 Å². The van der Waals surface area contributed by atoms with Crippen molar-refractivity contribution in [2.75, 3.05) is 5.43 Å². The molecular formula is C13H10ClN2+. The van der Waals surface area contributed by atoms with Crippen LogP contribution < -0.4 is 5.43 Å². The van der Waals surface area contributed by atoms with Crippen LogP contribution in [-0.4, -0.2) is 6.21 Å². The highest BCUT2D eigenvalue weighted by Gasteiger charge is 1.99. The van der Waals surface area contributed by atoms with Gasteiger partial charge in [-0.25, -0.2) is 0 Å². The molecule has 0 aliphatic heterocycles. The summed E-state index contributed by atoms with van der Waals surface area (Å²) < 4.78 is 0. The summed E-state index contributed by atoms with van der Waals surface area (Å²) in [5.74, 6) is 0. The van der Waals surface area contributed by atoms with Crippen molar-refractivity contribution >= 4 is 23.5 Å². The molecule has 0 saturated heterocycles. The van der Waals surface area contributed by atoms with Crippen LogP contribution in [-0.2, 0) is 0 Å². The van der Waals surface area contributed by atoms with Crippen molar-refractivity contribution in [2.24, 2.45) is 5.10 Å². The standard InChI is InChI=1S/C13H10ClN2/c14-12-8-6-11(7-9-12)10-15-16-13-4-2-1-3-5-13/h1-9,16H/q+1. The van der Waals surface area contributed by atoms with Gasteiger partial charge in [0, 0.05) is 12.1 Å². The smallest absolute Gasteiger partial charge is 0.211 e. The van der Waals surface area contributed by atoms with Crippen LogP contribution in [0.1, 0.15) is 5.56 Å². The van der Waals surface area contributed by atoms with Crippen molar-refractivity contribution in [3.63, 3.8) is 0 Å². The molecule has 0 saturated carbocycles. The first-order valence-corrected chi connectivity index (χ1v) is 5.25. The van der Waals surface area contributed by atoms with Crippen LogP contribution in [0.15, 0.2) is 59.7 Å². The molecule has 2 aromatic carbocycles. The number of benzene rings is 2. The second-order valence-corrected chi connectivity index (χ2v) is 3.64. The zero-order valence-corrected chi connectivity index (χ0v) is 9.28. The van der Waals surface area contributed by atoms with Crippen molar-refractivity contribution in [3.05, 3.63) is 65.2 Å². The minimum atomic E-state index is 0.710. The molecule has 16 heavy (non-hydrogen) atoms. The Bertz CT molecular complexity index is 463. The maximum Gasteiger partial charge on any atom is 0.211 e. The first kappa shape index (κ1) is 10.6. The van der Waals surface area contributed by atoms with E-state index < -0.39 is 0 Å². The van der Waals surface area contributed by atoms with Gasteiger partial charge in [0.25, 0.3) is 0 Å². The van der Waals surface area contributed by atoms with Crippen LogP contribution >= 0.6 is 11.6 Å². The first-order valence-electron chi connectivity index (χ1n) is 4.87. The molecule has 0 atom stereocenters. The van der Waals surface area contributed by atoms with Crippen molar-refractivity contribution in [1.29, 1.82) is 0 Å². The van der Waals surface area contributed by atoms with Gasteiger partial charge in [0.1, 0.15) is 0 Å². The summed E-state index contributed by atoms with van der Waals surface area (Å²) >= 11 is 5.77. The number of rotatable bonds is 3. The summed E-state index contributed by atoms with van der Waals surface area (Å²) in [6.45, 7) is 0. The predicted molar refractivity (Wildman–Crippen MR) is 68.1 cm³/mol. The maximum atomic E-state index is 5.77. The van der Waals surface area contributed by atoms with Gasteiger partial charge in [-0.3, -0.25) is 5.43 Å². The summed E-state index contributed by atoms with van der Waals surface area (Å²) in [4.78, 5) is 0. The first-order chi connectivity index (χ1) is 7.84. The highest BCUT2D eigenvalue weighted by atomic mass is 35.5. The quantitative estimate of drug-likeness (QED) is 0.485. The van der Waals surface area contributed by atoms with Crippen LogP contribution in [0.2, 0.25) is 5.02 Å². The van der Waals surface area contributed by atoms with E-state index in [4.69, 9.17) is 11.6 Å². The lowest BCUT2D eigenvalue weighted by Crippen LogP contribution is -1.89. The van der Waals surface area contributed by atoms with Gasteiger partial charge in [-0.05, 0) is 12.1 Å². The van der Waals surface area contributed by atoms with E-state index in [0.29, 0.717) is 5.02 Å². The number of para-hydroxylation sites is 1. The van der Waals surface area contributed by atoms with E-state index in [-0.39, 0.29) is 0 Å². The molecule has 0 radical (unpaired) electrons. The Hall–Kier alpha value is -1.89. The second-order valence-electron chi connectivity index (χ2n) is 3.21. The zero-order valence-electron chi connectivity index (χ0n) is 8.52. The highest BCUT2D eigenvalue weighted by Crippen LogP contribution is 2.08. The molecule has 3 heteroatoms. The van der Waals surface area contributed by atoms with Crippen LogP contribution in [0.5, 0.6) is 0 Å². The summed E-state index contributed by atoms with van der Waals surface area (Å²) in [5, 5.41) is 4.71. The Labute approximate surface area is 99.6 Å². The Balaban J connectivity index is 1.98. The van der Waals surface area contributed by atoms with E-state index >= 15 is 0 Å². The fourth-order valence-electron chi connectivity index (χ4n) is 1.19. The van der Waals surface area contributed by atoms with Crippen molar-refractivity contribution in [2.45, 2.75) is 0 Å². The number of nitrogens with zero attached hydrogens (tertiary/aromatic N) is 1. The SMILES string of the molecule is Clc1ccc([C+]=NNc2ccccc2)cc1. The Morgan fingerprint density at radius 2 is 1.62 bits per heavy atom. The number of hydrogen-bond donors (Lipinski definition) is 1. The minimum absolute atomic E-state index is 0.710. The van der Waals surface area contributed by atoms with E-state index in [1.165, 1.54) is 0 Å². The molecule has 78 valence electrons. The van der Waals surface area contributed by atoms with Crippen molar-refractivity contribution < 1.29 is 0 Å². The third-order valence-corrected chi connectivity index (χ3v) is 2.24. The average Bonchev–Trinajstić information content (AvgIpc) is 2.33. The van der Waals surface area contributed by atoms with E-state index in [2.05, 4.69) is 16.7 Å². The van der Waals surface area contributed by atoms with Gasteiger partial charge in [0.05, 0.1) is 22.8 Å².